The van der Waals surface area contributed by atoms with Crippen LogP contribution in [-0.4, -0.2) is 24.1 Å². The van der Waals surface area contributed by atoms with E-state index in [1.165, 1.54) is 24.8 Å². The van der Waals surface area contributed by atoms with Crippen LogP contribution in [-0.2, 0) is 6.54 Å². The van der Waals surface area contributed by atoms with Gasteiger partial charge in [-0.15, -0.1) is 0 Å². The second-order valence-corrected chi connectivity index (χ2v) is 5.88. The molecule has 0 amide bonds. The summed E-state index contributed by atoms with van der Waals surface area (Å²) >= 11 is 0. The average molecular weight is 261 g/mol. The molecule has 3 heteroatoms. The van der Waals surface area contributed by atoms with E-state index in [-0.39, 0.29) is 0 Å². The topological polar surface area (TPSA) is 28.2 Å². The Hall–Kier alpha value is -1.09. The van der Waals surface area contributed by atoms with Crippen molar-refractivity contribution in [1.29, 1.82) is 0 Å². The Bertz CT molecular complexity index is 391. The van der Waals surface area contributed by atoms with Crippen molar-refractivity contribution < 1.29 is 0 Å². The maximum atomic E-state index is 4.57. The number of nitrogens with one attached hydrogen (secondary N) is 1. The Morgan fingerprint density at radius 1 is 1.37 bits per heavy atom. The van der Waals surface area contributed by atoms with Crippen LogP contribution in [0.1, 0.15) is 45.6 Å². The van der Waals surface area contributed by atoms with E-state index in [0.29, 0.717) is 6.04 Å². The van der Waals surface area contributed by atoms with Gasteiger partial charge in [-0.1, -0.05) is 13.8 Å². The molecule has 3 nitrogen and oxygen atoms in total. The fourth-order valence-corrected chi connectivity index (χ4v) is 2.75. The summed E-state index contributed by atoms with van der Waals surface area (Å²) in [5.74, 6) is 1.93. The molecule has 1 aliphatic rings. The van der Waals surface area contributed by atoms with Crippen LogP contribution in [0.5, 0.6) is 0 Å². The van der Waals surface area contributed by atoms with E-state index in [1.54, 1.807) is 0 Å². The lowest BCUT2D eigenvalue weighted by molar-refractivity contribution is 0.388. The molecule has 1 N–H and O–H groups in total. The molecule has 1 aromatic rings. The van der Waals surface area contributed by atoms with Crippen molar-refractivity contribution in [2.75, 3.05) is 18.0 Å². The van der Waals surface area contributed by atoms with Gasteiger partial charge in [0.2, 0.25) is 0 Å². The first-order valence-electron chi connectivity index (χ1n) is 7.63. The molecule has 0 aromatic carbocycles. The molecule has 2 heterocycles. The summed E-state index contributed by atoms with van der Waals surface area (Å²) in [7, 11) is 0. The van der Waals surface area contributed by atoms with Crippen molar-refractivity contribution >= 4 is 5.82 Å². The first-order chi connectivity index (χ1) is 9.20. The summed E-state index contributed by atoms with van der Waals surface area (Å²) in [6, 6.07) is 4.98. The molecule has 1 aromatic heterocycles. The van der Waals surface area contributed by atoms with Gasteiger partial charge in [0, 0.05) is 25.3 Å². The maximum absolute atomic E-state index is 4.57. The molecule has 0 aliphatic carbocycles. The zero-order valence-electron chi connectivity index (χ0n) is 12.5. The van der Waals surface area contributed by atoms with Crippen LogP contribution in [0.25, 0.3) is 0 Å². The normalized spacial score (nSPS) is 23.6. The number of rotatable bonds is 5. The Morgan fingerprint density at radius 3 is 3.00 bits per heavy atom. The van der Waals surface area contributed by atoms with Gasteiger partial charge >= 0.3 is 0 Å². The number of piperidine rings is 1. The minimum atomic E-state index is 0.613. The number of hydrogen-bond acceptors (Lipinski definition) is 3. The SMILES string of the molecule is CCCNCc1ccnc(N2CC(C)CCC2C)c1. The van der Waals surface area contributed by atoms with Gasteiger partial charge in [-0.2, -0.15) is 0 Å². The maximum Gasteiger partial charge on any atom is 0.129 e. The van der Waals surface area contributed by atoms with Crippen LogP contribution in [0.15, 0.2) is 18.3 Å². The van der Waals surface area contributed by atoms with E-state index in [9.17, 15) is 0 Å². The van der Waals surface area contributed by atoms with Crippen molar-refractivity contribution in [3.63, 3.8) is 0 Å². The van der Waals surface area contributed by atoms with E-state index in [2.05, 4.69) is 48.1 Å². The van der Waals surface area contributed by atoms with Gasteiger partial charge < -0.3 is 10.2 Å². The second kappa shape index (κ2) is 6.90. The Labute approximate surface area is 117 Å². The lowest BCUT2D eigenvalue weighted by Gasteiger charge is -2.37. The predicted octanol–water partition coefficient (Wildman–Crippen LogP) is 3.21. The van der Waals surface area contributed by atoms with Gasteiger partial charge in [0.05, 0.1) is 0 Å². The lowest BCUT2D eigenvalue weighted by Crippen LogP contribution is -2.41. The Kier molecular flexibility index (Phi) is 5.20. The highest BCUT2D eigenvalue weighted by Gasteiger charge is 2.23. The van der Waals surface area contributed by atoms with Crippen molar-refractivity contribution in [2.45, 2.75) is 52.6 Å². The van der Waals surface area contributed by atoms with Crippen molar-refractivity contribution in [2.24, 2.45) is 5.92 Å². The molecule has 1 fully saturated rings. The van der Waals surface area contributed by atoms with E-state index >= 15 is 0 Å². The molecule has 1 aliphatic heterocycles. The van der Waals surface area contributed by atoms with E-state index < -0.39 is 0 Å². The summed E-state index contributed by atoms with van der Waals surface area (Å²) in [6.45, 7) is 10.0. The van der Waals surface area contributed by atoms with E-state index in [1.807, 2.05) is 6.20 Å². The number of hydrogen-bond donors (Lipinski definition) is 1. The molecule has 0 saturated carbocycles. The molecule has 19 heavy (non-hydrogen) atoms. The van der Waals surface area contributed by atoms with Crippen molar-refractivity contribution in [1.82, 2.24) is 10.3 Å². The third-order valence-corrected chi connectivity index (χ3v) is 3.98. The largest absolute Gasteiger partial charge is 0.354 e. The third kappa shape index (κ3) is 3.93. The predicted molar refractivity (Wildman–Crippen MR) is 81.4 cm³/mol. The van der Waals surface area contributed by atoms with Gasteiger partial charge in [-0.3, -0.25) is 0 Å². The molecular formula is C16H27N3. The van der Waals surface area contributed by atoms with Crippen LogP contribution < -0.4 is 10.2 Å². The highest BCUT2D eigenvalue weighted by molar-refractivity contribution is 5.42. The summed E-state index contributed by atoms with van der Waals surface area (Å²) in [6.07, 6.45) is 5.75. The monoisotopic (exact) mass is 261 g/mol. The van der Waals surface area contributed by atoms with Gasteiger partial charge in [-0.25, -0.2) is 4.98 Å². The van der Waals surface area contributed by atoms with Gasteiger partial charge in [0.15, 0.2) is 0 Å². The lowest BCUT2D eigenvalue weighted by atomic mass is 9.95. The highest BCUT2D eigenvalue weighted by atomic mass is 15.2. The van der Waals surface area contributed by atoms with Crippen LogP contribution in [0.2, 0.25) is 0 Å². The number of nitrogens with zero attached hydrogens (tertiary/aromatic N) is 2. The van der Waals surface area contributed by atoms with Gasteiger partial charge in [0.25, 0.3) is 0 Å². The minimum Gasteiger partial charge on any atom is -0.354 e. The first-order valence-corrected chi connectivity index (χ1v) is 7.63. The molecule has 1 saturated heterocycles. The quantitative estimate of drug-likeness (QED) is 0.825. The van der Waals surface area contributed by atoms with Crippen LogP contribution in [0.4, 0.5) is 5.82 Å². The summed E-state index contributed by atoms with van der Waals surface area (Å²) < 4.78 is 0. The molecule has 2 unspecified atom stereocenters. The van der Waals surface area contributed by atoms with Gasteiger partial charge in [0.1, 0.15) is 5.82 Å². The fraction of sp³-hybridized carbons (Fsp3) is 0.688. The number of pyridine rings is 1. The highest BCUT2D eigenvalue weighted by Crippen LogP contribution is 2.26. The second-order valence-electron chi connectivity index (χ2n) is 5.88. The van der Waals surface area contributed by atoms with Crippen LogP contribution in [0, 0.1) is 5.92 Å². The Morgan fingerprint density at radius 2 is 2.21 bits per heavy atom. The Balaban J connectivity index is 2.04. The zero-order chi connectivity index (χ0) is 13.7. The summed E-state index contributed by atoms with van der Waals surface area (Å²) in [5.41, 5.74) is 1.34. The van der Waals surface area contributed by atoms with Crippen molar-refractivity contribution in [3.8, 4) is 0 Å². The average Bonchev–Trinajstić information content (AvgIpc) is 2.42. The molecule has 2 atom stereocenters. The standard InChI is InChI=1S/C16H27N3/c1-4-8-17-11-15-7-9-18-16(10-15)19-12-13(2)5-6-14(19)3/h7,9-10,13-14,17H,4-6,8,11-12H2,1-3H3. The smallest absolute Gasteiger partial charge is 0.129 e. The summed E-state index contributed by atoms with van der Waals surface area (Å²) in [5, 5.41) is 3.46. The fourth-order valence-electron chi connectivity index (χ4n) is 2.75. The molecule has 106 valence electrons. The zero-order valence-corrected chi connectivity index (χ0v) is 12.5. The van der Waals surface area contributed by atoms with Gasteiger partial charge in [-0.05, 0) is 56.3 Å². The molecule has 2 rings (SSSR count). The van der Waals surface area contributed by atoms with Crippen LogP contribution in [0.3, 0.4) is 0 Å². The third-order valence-electron chi connectivity index (χ3n) is 3.98. The van der Waals surface area contributed by atoms with E-state index in [0.717, 1.165) is 31.4 Å². The summed E-state index contributed by atoms with van der Waals surface area (Å²) in [4.78, 5) is 7.04. The molecule has 0 radical (unpaired) electrons. The van der Waals surface area contributed by atoms with Crippen LogP contribution >= 0.6 is 0 Å². The molecule has 0 bridgehead atoms. The number of anilines is 1. The molecular weight excluding hydrogens is 234 g/mol. The molecule has 0 spiro atoms. The van der Waals surface area contributed by atoms with E-state index in [4.69, 9.17) is 0 Å². The van der Waals surface area contributed by atoms with Crippen molar-refractivity contribution in [3.05, 3.63) is 23.9 Å². The number of aromatic nitrogens is 1. The minimum absolute atomic E-state index is 0.613. The first kappa shape index (κ1) is 14.3.